The molecule has 0 unspecified atom stereocenters. The number of rotatable bonds is 4. The van der Waals surface area contributed by atoms with Crippen LogP contribution in [0.3, 0.4) is 0 Å². The smallest absolute Gasteiger partial charge is 0.251 e. The Morgan fingerprint density at radius 1 is 1.44 bits per heavy atom. The molecule has 0 radical (unpaired) electrons. The van der Waals surface area contributed by atoms with Crippen LogP contribution in [-0.2, 0) is 6.42 Å². The Morgan fingerprint density at radius 3 is 2.94 bits per heavy atom. The van der Waals surface area contributed by atoms with Crippen molar-refractivity contribution in [1.82, 2.24) is 15.0 Å². The number of aromatic amines is 1. The fraction of sp³-hybridized carbons (Fsp3) is 0.250. The Hall–Kier alpha value is -1.82. The number of aryl methyl sites for hydroxylation is 1. The highest BCUT2D eigenvalue weighted by Gasteiger charge is 2.04. The summed E-state index contributed by atoms with van der Waals surface area (Å²) < 4.78 is 0. The van der Waals surface area contributed by atoms with Gasteiger partial charge in [-0.25, -0.2) is 9.97 Å². The zero-order valence-electron chi connectivity index (χ0n) is 10.0. The third kappa shape index (κ3) is 3.33. The van der Waals surface area contributed by atoms with Gasteiger partial charge >= 0.3 is 0 Å². The van der Waals surface area contributed by atoms with Gasteiger partial charge in [0, 0.05) is 11.8 Å². The molecule has 0 aromatic carbocycles. The van der Waals surface area contributed by atoms with Crippen molar-refractivity contribution in [3.05, 3.63) is 40.4 Å². The summed E-state index contributed by atoms with van der Waals surface area (Å²) in [4.78, 5) is 22.7. The molecule has 0 aliphatic heterocycles. The first kappa shape index (κ1) is 12.6. The summed E-state index contributed by atoms with van der Waals surface area (Å²) in [7, 11) is 0. The van der Waals surface area contributed by atoms with E-state index in [9.17, 15) is 4.79 Å². The number of hydrogen-bond acceptors (Lipinski definition) is 5. The van der Waals surface area contributed by atoms with E-state index >= 15 is 0 Å². The molecule has 0 atom stereocenters. The number of nitrogens with two attached hydrogens (primary N) is 1. The van der Waals surface area contributed by atoms with E-state index < -0.39 is 0 Å². The minimum atomic E-state index is -0.133. The van der Waals surface area contributed by atoms with Gasteiger partial charge in [0.25, 0.3) is 5.56 Å². The molecule has 0 fully saturated rings. The molecule has 0 amide bonds. The Labute approximate surface area is 109 Å². The van der Waals surface area contributed by atoms with Gasteiger partial charge in [-0.2, -0.15) is 0 Å². The lowest BCUT2D eigenvalue weighted by Crippen LogP contribution is -2.09. The van der Waals surface area contributed by atoms with Crippen LogP contribution in [0.1, 0.15) is 19.0 Å². The Kier molecular flexibility index (Phi) is 3.99. The van der Waals surface area contributed by atoms with E-state index in [1.165, 1.54) is 17.8 Å². The zero-order valence-corrected chi connectivity index (χ0v) is 10.8. The number of H-pyrrole nitrogens is 1. The molecule has 94 valence electrons. The van der Waals surface area contributed by atoms with Crippen molar-refractivity contribution in [3.63, 3.8) is 0 Å². The fourth-order valence-electron chi connectivity index (χ4n) is 1.47. The summed E-state index contributed by atoms with van der Waals surface area (Å²) in [6, 6.07) is 5.10. The number of anilines is 1. The van der Waals surface area contributed by atoms with E-state index in [0.29, 0.717) is 10.8 Å². The first-order valence-electron chi connectivity index (χ1n) is 5.67. The summed E-state index contributed by atoms with van der Waals surface area (Å²) in [6.45, 7) is 2.05. The minimum absolute atomic E-state index is 0.133. The second kappa shape index (κ2) is 5.68. The Balaban J connectivity index is 2.23. The quantitative estimate of drug-likeness (QED) is 0.821. The average molecular weight is 262 g/mol. The highest BCUT2D eigenvalue weighted by molar-refractivity contribution is 7.99. The molecule has 18 heavy (non-hydrogen) atoms. The molecular weight excluding hydrogens is 248 g/mol. The van der Waals surface area contributed by atoms with E-state index in [-0.39, 0.29) is 5.56 Å². The highest BCUT2D eigenvalue weighted by atomic mass is 32.2. The molecule has 0 spiro atoms. The number of nitrogens with zero attached hydrogens (tertiary/aromatic N) is 2. The standard InChI is InChI=1S/C12H14N4OS/c1-2-3-9-6-10(17)16-12(15-9)18-11-5-4-8(13)7-14-11/h4-7H,2-3,13H2,1H3,(H,15,16,17). The van der Waals surface area contributed by atoms with Crippen molar-refractivity contribution in [2.24, 2.45) is 0 Å². The molecule has 2 rings (SSSR count). The summed E-state index contributed by atoms with van der Waals surface area (Å²) in [5.74, 6) is 0. The van der Waals surface area contributed by atoms with Crippen molar-refractivity contribution >= 4 is 17.4 Å². The molecular formula is C12H14N4OS. The lowest BCUT2D eigenvalue weighted by Gasteiger charge is -2.02. The molecule has 0 bridgehead atoms. The van der Waals surface area contributed by atoms with Crippen LogP contribution in [0.2, 0.25) is 0 Å². The van der Waals surface area contributed by atoms with Crippen LogP contribution in [0.15, 0.2) is 39.4 Å². The van der Waals surface area contributed by atoms with E-state index in [0.717, 1.165) is 23.6 Å². The maximum Gasteiger partial charge on any atom is 0.251 e. The number of nitrogen functional groups attached to an aromatic ring is 1. The molecule has 0 saturated heterocycles. The largest absolute Gasteiger partial charge is 0.397 e. The third-order valence-corrected chi connectivity index (χ3v) is 3.08. The van der Waals surface area contributed by atoms with Gasteiger partial charge in [0.05, 0.1) is 11.9 Å². The second-order valence-electron chi connectivity index (χ2n) is 3.82. The van der Waals surface area contributed by atoms with Gasteiger partial charge in [-0.05, 0) is 30.3 Å². The van der Waals surface area contributed by atoms with Crippen LogP contribution >= 0.6 is 11.8 Å². The number of hydrogen-bond donors (Lipinski definition) is 2. The average Bonchev–Trinajstić information content (AvgIpc) is 2.32. The Bertz CT molecular complexity index is 579. The van der Waals surface area contributed by atoms with Crippen molar-refractivity contribution in [2.45, 2.75) is 29.9 Å². The predicted octanol–water partition coefficient (Wildman–Crippen LogP) is 1.85. The van der Waals surface area contributed by atoms with Gasteiger partial charge in [0.2, 0.25) is 0 Å². The van der Waals surface area contributed by atoms with Crippen LogP contribution in [0, 0.1) is 0 Å². The third-order valence-electron chi connectivity index (χ3n) is 2.24. The number of nitrogens with one attached hydrogen (secondary N) is 1. The first-order chi connectivity index (χ1) is 8.67. The van der Waals surface area contributed by atoms with E-state index in [4.69, 9.17) is 5.73 Å². The summed E-state index contributed by atoms with van der Waals surface area (Å²) in [5, 5.41) is 1.31. The molecule has 0 saturated carbocycles. The van der Waals surface area contributed by atoms with Gasteiger partial charge in [0.1, 0.15) is 5.03 Å². The van der Waals surface area contributed by atoms with Gasteiger partial charge in [-0.15, -0.1) is 0 Å². The summed E-state index contributed by atoms with van der Waals surface area (Å²) in [5.41, 5.74) is 6.85. The summed E-state index contributed by atoms with van der Waals surface area (Å²) >= 11 is 1.32. The van der Waals surface area contributed by atoms with Crippen molar-refractivity contribution < 1.29 is 0 Å². The zero-order chi connectivity index (χ0) is 13.0. The highest BCUT2D eigenvalue weighted by Crippen LogP contribution is 2.22. The van der Waals surface area contributed by atoms with Gasteiger partial charge in [-0.3, -0.25) is 4.79 Å². The molecule has 6 heteroatoms. The van der Waals surface area contributed by atoms with Crippen LogP contribution in [0.4, 0.5) is 5.69 Å². The number of pyridine rings is 1. The predicted molar refractivity (Wildman–Crippen MR) is 71.6 cm³/mol. The maximum atomic E-state index is 11.5. The monoisotopic (exact) mass is 262 g/mol. The topological polar surface area (TPSA) is 84.7 Å². The van der Waals surface area contributed by atoms with Crippen LogP contribution in [-0.4, -0.2) is 15.0 Å². The van der Waals surface area contributed by atoms with Gasteiger partial charge in [-0.1, -0.05) is 13.3 Å². The molecule has 2 aromatic rings. The van der Waals surface area contributed by atoms with Crippen LogP contribution in [0.25, 0.3) is 0 Å². The summed E-state index contributed by atoms with van der Waals surface area (Å²) in [6.07, 6.45) is 3.34. The second-order valence-corrected chi connectivity index (χ2v) is 4.83. The number of aromatic nitrogens is 3. The van der Waals surface area contributed by atoms with E-state index in [1.54, 1.807) is 18.3 Å². The first-order valence-corrected chi connectivity index (χ1v) is 6.48. The lowest BCUT2D eigenvalue weighted by atomic mass is 10.2. The minimum Gasteiger partial charge on any atom is -0.397 e. The van der Waals surface area contributed by atoms with Crippen molar-refractivity contribution in [2.75, 3.05) is 5.73 Å². The van der Waals surface area contributed by atoms with E-state index in [2.05, 4.69) is 21.9 Å². The normalized spacial score (nSPS) is 10.5. The molecule has 0 aliphatic rings. The fourth-order valence-corrected chi connectivity index (χ4v) is 2.22. The Morgan fingerprint density at radius 2 is 2.28 bits per heavy atom. The van der Waals surface area contributed by atoms with Crippen LogP contribution < -0.4 is 11.3 Å². The maximum absolute atomic E-state index is 11.5. The lowest BCUT2D eigenvalue weighted by molar-refractivity contribution is 0.815. The van der Waals surface area contributed by atoms with Crippen LogP contribution in [0.5, 0.6) is 0 Å². The molecule has 2 heterocycles. The van der Waals surface area contributed by atoms with Crippen molar-refractivity contribution in [3.8, 4) is 0 Å². The van der Waals surface area contributed by atoms with Gasteiger partial charge < -0.3 is 10.7 Å². The molecule has 3 N–H and O–H groups in total. The molecule has 0 aliphatic carbocycles. The molecule has 2 aromatic heterocycles. The van der Waals surface area contributed by atoms with E-state index in [1.807, 2.05) is 0 Å². The molecule has 5 nitrogen and oxygen atoms in total. The van der Waals surface area contributed by atoms with Crippen molar-refractivity contribution in [1.29, 1.82) is 0 Å². The van der Waals surface area contributed by atoms with Gasteiger partial charge in [0.15, 0.2) is 5.16 Å². The SMILES string of the molecule is CCCc1cc(=O)[nH]c(Sc2ccc(N)cn2)n1.